The van der Waals surface area contributed by atoms with Gasteiger partial charge in [-0.15, -0.1) is 0 Å². The maximum absolute atomic E-state index is 15.5. The van der Waals surface area contributed by atoms with Gasteiger partial charge in [0.2, 0.25) is 11.8 Å². The van der Waals surface area contributed by atoms with Gasteiger partial charge in [0.1, 0.15) is 12.1 Å². The SMILES string of the molecule is C=C(C)[C@@H]1CC[C@]2(C(=O)N3CCC[C@H]3C(=O)NC(Cc3c[nH]c4ccccc34)C(=O)OC)CC[C@]3(C)C(CCC4[C@@]5(C)CC[C@H](O)[C@@](C)(CO)C5CC[C@]43C)C12. The van der Waals surface area contributed by atoms with Crippen molar-refractivity contribution in [2.45, 2.75) is 136 Å². The molecule has 56 heavy (non-hydrogen) atoms. The van der Waals surface area contributed by atoms with Crippen LogP contribution in [0.25, 0.3) is 10.9 Å². The summed E-state index contributed by atoms with van der Waals surface area (Å²) in [6, 6.07) is 6.41. The number of esters is 1. The van der Waals surface area contributed by atoms with Crippen LogP contribution in [0, 0.1) is 56.7 Å². The summed E-state index contributed by atoms with van der Waals surface area (Å²) in [5.41, 5.74) is 2.17. The van der Waals surface area contributed by atoms with Crippen LogP contribution in [-0.4, -0.2) is 76.3 Å². The van der Waals surface area contributed by atoms with Crippen LogP contribution in [0.2, 0.25) is 0 Å². The molecule has 0 spiro atoms. The number of amides is 2. The lowest BCUT2D eigenvalue weighted by Crippen LogP contribution is -2.68. The Balaban J connectivity index is 1.07. The number of para-hydroxylation sites is 1. The summed E-state index contributed by atoms with van der Waals surface area (Å²) in [6.07, 6.45) is 12.6. The summed E-state index contributed by atoms with van der Waals surface area (Å²) in [5, 5.41) is 25.9. The molecule has 306 valence electrons. The number of nitrogens with one attached hydrogen (secondary N) is 2. The van der Waals surface area contributed by atoms with Crippen LogP contribution in [0.15, 0.2) is 42.6 Å². The Hall–Kier alpha value is -3.17. The number of methoxy groups -OCH3 is 1. The number of aliphatic hydroxyl groups is 2. The van der Waals surface area contributed by atoms with E-state index < -0.39 is 35.0 Å². The van der Waals surface area contributed by atoms with E-state index in [1.165, 1.54) is 12.7 Å². The van der Waals surface area contributed by atoms with Crippen LogP contribution in [0.1, 0.15) is 117 Å². The van der Waals surface area contributed by atoms with Crippen molar-refractivity contribution < 1.29 is 29.3 Å². The van der Waals surface area contributed by atoms with Crippen LogP contribution in [0.5, 0.6) is 0 Å². The molecule has 1 aromatic carbocycles. The van der Waals surface area contributed by atoms with Crippen LogP contribution >= 0.6 is 0 Å². The van der Waals surface area contributed by atoms with E-state index in [9.17, 15) is 19.8 Å². The molecule has 4 N–H and O–H groups in total. The molecule has 6 fully saturated rings. The van der Waals surface area contributed by atoms with Crippen molar-refractivity contribution >= 4 is 28.7 Å². The first kappa shape index (κ1) is 39.6. The number of ether oxygens (including phenoxy) is 1. The van der Waals surface area contributed by atoms with Crippen LogP contribution in [-0.2, 0) is 25.5 Å². The number of H-pyrrole nitrogens is 1. The van der Waals surface area contributed by atoms with Gasteiger partial charge < -0.3 is 30.2 Å². The van der Waals surface area contributed by atoms with E-state index in [4.69, 9.17) is 4.74 Å². The lowest BCUT2D eigenvalue weighted by molar-refractivity contribution is -0.253. The minimum Gasteiger partial charge on any atom is -0.467 e. The summed E-state index contributed by atoms with van der Waals surface area (Å²) in [4.78, 5) is 48.0. The van der Waals surface area contributed by atoms with Gasteiger partial charge in [0.05, 0.1) is 25.2 Å². The third kappa shape index (κ3) is 5.55. The highest BCUT2D eigenvalue weighted by molar-refractivity contribution is 5.93. The molecule has 13 atom stereocenters. The van der Waals surface area contributed by atoms with E-state index in [1.807, 2.05) is 35.4 Å². The number of aliphatic hydroxyl groups excluding tert-OH is 2. The van der Waals surface area contributed by atoms with E-state index in [2.05, 4.69) is 51.5 Å². The number of aromatic nitrogens is 1. The minimum atomic E-state index is -0.875. The third-order valence-corrected chi connectivity index (χ3v) is 18.3. The molecule has 9 nitrogen and oxygen atoms in total. The topological polar surface area (TPSA) is 132 Å². The van der Waals surface area contributed by atoms with Gasteiger partial charge in [-0.3, -0.25) is 9.59 Å². The number of hydrogen-bond acceptors (Lipinski definition) is 6. The molecule has 1 aromatic heterocycles. The summed E-state index contributed by atoms with van der Waals surface area (Å²) in [5.74, 6) is 0.911. The fraction of sp³-hybridized carbons (Fsp3) is 0.723. The Labute approximate surface area is 333 Å². The lowest BCUT2D eigenvalue weighted by Gasteiger charge is -2.73. The van der Waals surface area contributed by atoms with Gasteiger partial charge in [-0.25, -0.2) is 4.79 Å². The molecule has 5 saturated carbocycles. The predicted molar refractivity (Wildman–Crippen MR) is 217 cm³/mol. The van der Waals surface area contributed by atoms with E-state index in [0.717, 1.165) is 87.1 Å². The highest BCUT2D eigenvalue weighted by atomic mass is 16.5. The molecule has 0 bridgehead atoms. The van der Waals surface area contributed by atoms with Crippen molar-refractivity contribution in [3.05, 3.63) is 48.2 Å². The van der Waals surface area contributed by atoms with Crippen molar-refractivity contribution in [3.8, 4) is 0 Å². The van der Waals surface area contributed by atoms with Crippen molar-refractivity contribution in [1.29, 1.82) is 0 Å². The Morgan fingerprint density at radius 2 is 1.73 bits per heavy atom. The first-order chi connectivity index (χ1) is 26.6. The van der Waals surface area contributed by atoms with Gasteiger partial charge in [-0.1, -0.05) is 58.0 Å². The molecule has 0 radical (unpaired) electrons. The highest BCUT2D eigenvalue weighted by Gasteiger charge is 2.72. The number of hydrogen-bond donors (Lipinski definition) is 4. The zero-order valence-corrected chi connectivity index (χ0v) is 34.8. The average Bonchev–Trinajstić information content (AvgIpc) is 3.94. The molecule has 9 heteroatoms. The number of carbonyl (C=O) groups excluding carboxylic acids is 3. The number of nitrogens with zero attached hydrogens (tertiary/aromatic N) is 1. The first-order valence-corrected chi connectivity index (χ1v) is 21.8. The molecule has 5 aliphatic carbocycles. The monoisotopic (exact) mass is 770 g/mol. The fourth-order valence-corrected chi connectivity index (χ4v) is 15.2. The molecular formula is C47H67N3O6. The standard InChI is InChI=1S/C47H67N3O6/c1-28(2)30-16-21-47(42(55)50-24-10-13-35(50)40(53)49-34(41(54)56-7)25-29-26-48-33-12-9-8-11-31(29)33)23-22-45(5)32(39(30)47)14-15-37-43(3)19-18-38(52)44(4,27-51)36(43)17-20-46(37,45)6/h8-9,11-12,26,30,32,34-39,48,51-52H,1,10,13-25,27H2,2-7H3,(H,49,53)/t30-,32?,34?,35-,36?,37?,38-,39?,43-,44-,45+,46+,47-/m0/s1. The zero-order chi connectivity index (χ0) is 40.0. The number of aromatic amines is 1. The predicted octanol–water partition coefficient (Wildman–Crippen LogP) is 7.35. The smallest absolute Gasteiger partial charge is 0.328 e. The van der Waals surface area contributed by atoms with Gasteiger partial charge in [-0.2, -0.15) is 0 Å². The Kier molecular flexibility index (Phi) is 9.91. The largest absolute Gasteiger partial charge is 0.467 e. The van der Waals surface area contributed by atoms with Crippen molar-refractivity contribution in [3.63, 3.8) is 0 Å². The Bertz CT molecular complexity index is 1890. The number of fused-ring (bicyclic) bond motifs is 8. The average molecular weight is 770 g/mol. The maximum Gasteiger partial charge on any atom is 0.328 e. The number of carbonyl (C=O) groups is 3. The van der Waals surface area contributed by atoms with E-state index in [-0.39, 0.29) is 58.8 Å². The number of likely N-dealkylation sites (tertiary alicyclic amines) is 1. The minimum absolute atomic E-state index is 0.0215. The fourth-order valence-electron chi connectivity index (χ4n) is 15.2. The first-order valence-electron chi connectivity index (χ1n) is 21.8. The maximum atomic E-state index is 15.5. The van der Waals surface area contributed by atoms with Crippen LogP contribution < -0.4 is 5.32 Å². The van der Waals surface area contributed by atoms with Crippen molar-refractivity contribution in [2.75, 3.05) is 20.3 Å². The summed E-state index contributed by atoms with van der Waals surface area (Å²) in [7, 11) is 1.35. The van der Waals surface area contributed by atoms with E-state index in [0.29, 0.717) is 24.8 Å². The van der Waals surface area contributed by atoms with E-state index >= 15 is 4.79 Å². The molecule has 5 unspecified atom stereocenters. The highest BCUT2D eigenvalue weighted by Crippen LogP contribution is 2.77. The molecule has 2 heterocycles. The van der Waals surface area contributed by atoms with Crippen LogP contribution in [0.4, 0.5) is 0 Å². The second-order valence-electron chi connectivity index (χ2n) is 20.4. The molecule has 1 aliphatic heterocycles. The Morgan fingerprint density at radius 3 is 2.46 bits per heavy atom. The number of allylic oxidation sites excluding steroid dienone is 1. The zero-order valence-electron chi connectivity index (χ0n) is 34.8. The van der Waals surface area contributed by atoms with Crippen LogP contribution in [0.3, 0.4) is 0 Å². The number of rotatable bonds is 8. The van der Waals surface area contributed by atoms with Crippen molar-refractivity contribution in [2.24, 2.45) is 56.7 Å². The van der Waals surface area contributed by atoms with Crippen molar-refractivity contribution in [1.82, 2.24) is 15.2 Å². The molecule has 6 aliphatic rings. The van der Waals surface area contributed by atoms with E-state index in [1.54, 1.807) is 0 Å². The molecule has 1 saturated heterocycles. The van der Waals surface area contributed by atoms with Gasteiger partial charge >= 0.3 is 5.97 Å². The molecule has 8 rings (SSSR count). The normalized spacial score (nSPS) is 42.2. The molecule has 2 aromatic rings. The Morgan fingerprint density at radius 1 is 0.964 bits per heavy atom. The van der Waals surface area contributed by atoms with Gasteiger partial charge in [-0.05, 0) is 141 Å². The second-order valence-corrected chi connectivity index (χ2v) is 20.4. The van der Waals surface area contributed by atoms with Gasteiger partial charge in [0, 0.05) is 35.5 Å². The molecule has 2 amide bonds. The summed E-state index contributed by atoms with van der Waals surface area (Å²) < 4.78 is 5.18. The summed E-state index contributed by atoms with van der Waals surface area (Å²) >= 11 is 0. The third-order valence-electron chi connectivity index (χ3n) is 18.3. The summed E-state index contributed by atoms with van der Waals surface area (Å²) in [6.45, 7) is 17.0. The quantitative estimate of drug-likeness (QED) is 0.164. The number of benzene rings is 1. The molecular weight excluding hydrogens is 703 g/mol. The van der Waals surface area contributed by atoms with Gasteiger partial charge in [0.15, 0.2) is 0 Å². The lowest BCUT2D eigenvalue weighted by atomic mass is 9.32. The van der Waals surface area contributed by atoms with Gasteiger partial charge in [0.25, 0.3) is 0 Å². The second kappa shape index (κ2) is 14.0.